The highest BCUT2D eigenvalue weighted by atomic mass is 79.9. The van der Waals surface area contributed by atoms with Crippen LogP contribution in [0.1, 0.15) is 24.0 Å². The van der Waals surface area contributed by atoms with Crippen LogP contribution in [-0.2, 0) is 23.9 Å². The number of halogens is 2. The summed E-state index contributed by atoms with van der Waals surface area (Å²) in [6.07, 6.45) is 0.739. The minimum absolute atomic E-state index is 0.0124. The number of carbonyl (C=O) groups excluding carboxylic acids is 4. The third-order valence-corrected chi connectivity index (χ3v) is 9.86. The molecule has 166 valence electrons. The second kappa shape index (κ2) is 8.65. The van der Waals surface area contributed by atoms with Crippen LogP contribution in [0.2, 0.25) is 0 Å². The zero-order valence-electron chi connectivity index (χ0n) is 17.3. The van der Waals surface area contributed by atoms with Crippen molar-refractivity contribution in [3.8, 4) is 0 Å². The molecule has 3 fully saturated rings. The maximum absolute atomic E-state index is 12.8. The van der Waals surface area contributed by atoms with Crippen LogP contribution in [0.25, 0.3) is 0 Å². The molecule has 9 heteroatoms. The van der Waals surface area contributed by atoms with E-state index < -0.39 is 18.5 Å². The molecule has 1 N–H and O–H groups in total. The highest BCUT2D eigenvalue weighted by molar-refractivity contribution is 9.12. The molecule has 2 saturated carbocycles. The number of anilines is 1. The van der Waals surface area contributed by atoms with Crippen molar-refractivity contribution in [2.24, 2.45) is 23.7 Å². The van der Waals surface area contributed by atoms with Crippen LogP contribution in [0.5, 0.6) is 0 Å². The molecule has 0 spiro atoms. The fourth-order valence-corrected chi connectivity index (χ4v) is 6.98. The molecule has 4 rings (SSSR count). The average Bonchev–Trinajstić information content (AvgIpc) is 3.33. The Kier molecular flexibility index (Phi) is 6.27. The molecule has 6 atom stereocenters. The van der Waals surface area contributed by atoms with Gasteiger partial charge < -0.3 is 10.1 Å². The van der Waals surface area contributed by atoms with Gasteiger partial charge in [-0.25, -0.2) is 0 Å². The molecule has 1 aromatic carbocycles. The molecule has 3 amide bonds. The Morgan fingerprint density at radius 2 is 1.71 bits per heavy atom. The highest BCUT2D eigenvalue weighted by Crippen LogP contribution is 2.60. The zero-order valence-corrected chi connectivity index (χ0v) is 20.4. The minimum Gasteiger partial charge on any atom is -0.456 e. The molecule has 0 radical (unpaired) electrons. The van der Waals surface area contributed by atoms with Crippen molar-refractivity contribution < 1.29 is 23.9 Å². The number of nitrogens with zero attached hydrogens (tertiary/aromatic N) is 1. The van der Waals surface area contributed by atoms with E-state index in [9.17, 15) is 19.2 Å². The van der Waals surface area contributed by atoms with Crippen LogP contribution in [0.4, 0.5) is 5.69 Å². The summed E-state index contributed by atoms with van der Waals surface area (Å²) in [6, 6.07) is 5.69. The van der Waals surface area contributed by atoms with Crippen LogP contribution in [0, 0.1) is 37.5 Å². The number of nitrogens with one attached hydrogen (secondary N) is 1. The van der Waals surface area contributed by atoms with Gasteiger partial charge in [0.2, 0.25) is 11.8 Å². The summed E-state index contributed by atoms with van der Waals surface area (Å²) in [4.78, 5) is 51.4. The predicted octanol–water partition coefficient (Wildman–Crippen LogP) is 2.95. The van der Waals surface area contributed by atoms with Gasteiger partial charge in [0.1, 0.15) is 0 Å². The first-order valence-electron chi connectivity index (χ1n) is 10.3. The molecule has 7 nitrogen and oxygen atoms in total. The minimum atomic E-state index is -0.617. The van der Waals surface area contributed by atoms with Gasteiger partial charge in [-0.15, -0.1) is 0 Å². The van der Waals surface area contributed by atoms with Crippen molar-refractivity contribution in [3.63, 3.8) is 0 Å². The monoisotopic (exact) mass is 554 g/mol. The van der Waals surface area contributed by atoms with Crippen molar-refractivity contribution in [2.45, 2.75) is 36.3 Å². The van der Waals surface area contributed by atoms with Crippen LogP contribution >= 0.6 is 31.9 Å². The van der Waals surface area contributed by atoms with Gasteiger partial charge in [-0.1, -0.05) is 44.0 Å². The molecule has 1 aliphatic heterocycles. The lowest BCUT2D eigenvalue weighted by molar-refractivity contribution is -0.149. The number of aryl methyl sites for hydroxylation is 2. The fraction of sp³-hybridized carbons (Fsp3) is 0.545. The summed E-state index contributed by atoms with van der Waals surface area (Å²) in [5, 5.41) is 2.73. The number of hydrogen-bond acceptors (Lipinski definition) is 5. The zero-order chi connectivity index (χ0) is 22.4. The van der Waals surface area contributed by atoms with E-state index in [1.54, 1.807) is 0 Å². The normalized spacial score (nSPS) is 31.2. The summed E-state index contributed by atoms with van der Waals surface area (Å²) in [5.74, 6) is -1.74. The quantitative estimate of drug-likeness (QED) is 0.331. The largest absolute Gasteiger partial charge is 0.456 e. The van der Waals surface area contributed by atoms with Gasteiger partial charge in [-0.3, -0.25) is 24.1 Å². The van der Waals surface area contributed by atoms with Crippen LogP contribution < -0.4 is 5.32 Å². The van der Waals surface area contributed by atoms with Crippen molar-refractivity contribution in [1.82, 2.24) is 4.90 Å². The summed E-state index contributed by atoms with van der Waals surface area (Å²) in [6.45, 7) is 3.37. The van der Waals surface area contributed by atoms with Crippen molar-refractivity contribution in [3.05, 3.63) is 29.3 Å². The third-order valence-electron chi connectivity index (χ3n) is 6.65. The van der Waals surface area contributed by atoms with Gasteiger partial charge in [-0.05, 0) is 49.3 Å². The van der Waals surface area contributed by atoms with Crippen LogP contribution in [0.3, 0.4) is 0 Å². The SMILES string of the molecule is Cc1ccc(C)c(NC(=O)COC(=O)CCN2C(=O)[C@@H]3[C@H]4C[C@@H]([C@H](Br)[C@H]4Br)[C@H]3C2=O)c1. The molecule has 0 unspecified atom stereocenters. The molecular formula is C22H24Br2N2O5. The van der Waals surface area contributed by atoms with E-state index in [0.29, 0.717) is 5.69 Å². The number of hydrogen-bond donors (Lipinski definition) is 1. The van der Waals surface area contributed by atoms with Crippen molar-refractivity contribution in [2.75, 3.05) is 18.5 Å². The lowest BCUT2D eigenvalue weighted by Gasteiger charge is -2.28. The number of esters is 1. The third kappa shape index (κ3) is 4.06. The Bertz CT molecular complexity index is 920. The molecule has 1 heterocycles. The molecule has 1 saturated heterocycles. The number of carbonyl (C=O) groups is 4. The summed E-state index contributed by atoms with van der Waals surface area (Å²) in [5.41, 5.74) is 2.59. The van der Waals surface area contributed by atoms with E-state index in [1.807, 2.05) is 32.0 Å². The van der Waals surface area contributed by atoms with Gasteiger partial charge in [-0.2, -0.15) is 0 Å². The second-order valence-corrected chi connectivity index (χ2v) is 10.7. The standard InChI is InChI=1S/C22H24Br2N2O5/c1-10-3-4-11(2)14(7-10)25-15(27)9-31-16(28)5-6-26-21(29)17-12-8-13(18(17)22(26)30)20(24)19(12)23/h3-4,7,12-13,17-20H,5-6,8-9H2,1-2H3,(H,25,27)/t12-,13-,17-,18-,19+,20+/m1/s1. The van der Waals surface area contributed by atoms with Gasteiger partial charge in [0.15, 0.2) is 6.61 Å². The van der Waals surface area contributed by atoms with Crippen LogP contribution in [-0.4, -0.2) is 51.4 Å². The maximum atomic E-state index is 12.8. The van der Waals surface area contributed by atoms with E-state index in [2.05, 4.69) is 37.2 Å². The number of benzene rings is 1. The Morgan fingerprint density at radius 3 is 2.32 bits per heavy atom. The number of fused-ring (bicyclic) bond motifs is 5. The topological polar surface area (TPSA) is 92.8 Å². The number of ether oxygens (including phenoxy) is 1. The molecule has 0 aromatic heterocycles. The molecule has 2 aliphatic carbocycles. The Morgan fingerprint density at radius 1 is 1.10 bits per heavy atom. The number of imide groups is 1. The second-order valence-electron chi connectivity index (χ2n) is 8.61. The smallest absolute Gasteiger partial charge is 0.308 e. The van der Waals surface area contributed by atoms with Crippen LogP contribution in [0.15, 0.2) is 18.2 Å². The predicted molar refractivity (Wildman–Crippen MR) is 121 cm³/mol. The molecule has 2 bridgehead atoms. The summed E-state index contributed by atoms with van der Waals surface area (Å²) >= 11 is 7.30. The van der Waals surface area contributed by atoms with Crippen molar-refractivity contribution >= 4 is 61.2 Å². The van der Waals surface area contributed by atoms with Gasteiger partial charge in [0.05, 0.1) is 18.3 Å². The first-order valence-corrected chi connectivity index (χ1v) is 12.2. The first-order chi connectivity index (χ1) is 14.7. The summed E-state index contributed by atoms with van der Waals surface area (Å²) < 4.78 is 5.04. The van der Waals surface area contributed by atoms with E-state index in [0.717, 1.165) is 17.5 Å². The Hall–Kier alpha value is -1.74. The van der Waals surface area contributed by atoms with E-state index >= 15 is 0 Å². The van der Waals surface area contributed by atoms with E-state index in [4.69, 9.17) is 4.74 Å². The maximum Gasteiger partial charge on any atom is 0.308 e. The molecule has 1 aromatic rings. The van der Waals surface area contributed by atoms with E-state index in [-0.39, 0.29) is 58.1 Å². The first kappa shape index (κ1) is 22.5. The Balaban J connectivity index is 1.27. The average molecular weight is 556 g/mol. The Labute approximate surface area is 197 Å². The number of likely N-dealkylation sites (tertiary alicyclic amines) is 1. The van der Waals surface area contributed by atoms with Gasteiger partial charge in [0.25, 0.3) is 5.91 Å². The van der Waals surface area contributed by atoms with Gasteiger partial charge in [0, 0.05) is 21.9 Å². The molecular weight excluding hydrogens is 532 g/mol. The number of amides is 3. The van der Waals surface area contributed by atoms with Gasteiger partial charge >= 0.3 is 5.97 Å². The van der Waals surface area contributed by atoms with E-state index in [1.165, 1.54) is 4.90 Å². The number of rotatable bonds is 6. The van der Waals surface area contributed by atoms with Crippen molar-refractivity contribution in [1.29, 1.82) is 0 Å². The lowest BCUT2D eigenvalue weighted by Crippen LogP contribution is -2.37. The highest BCUT2D eigenvalue weighted by Gasteiger charge is 2.66. The number of alkyl halides is 2. The fourth-order valence-electron chi connectivity index (χ4n) is 5.11. The lowest BCUT2D eigenvalue weighted by atomic mass is 9.81. The summed E-state index contributed by atoms with van der Waals surface area (Å²) in [7, 11) is 0. The molecule has 3 aliphatic rings. The molecule has 31 heavy (non-hydrogen) atoms.